The molecule has 0 unspecified atom stereocenters. The fourth-order valence-corrected chi connectivity index (χ4v) is 3.03. The van der Waals surface area contributed by atoms with E-state index in [1.807, 2.05) is 31.3 Å². The minimum absolute atomic E-state index is 0.0836. The van der Waals surface area contributed by atoms with Gasteiger partial charge in [0.2, 0.25) is 0 Å². The van der Waals surface area contributed by atoms with Crippen LogP contribution in [0.5, 0.6) is 0 Å². The maximum atomic E-state index is 12.6. The summed E-state index contributed by atoms with van der Waals surface area (Å²) in [4.78, 5) is 16.7. The van der Waals surface area contributed by atoms with Crippen LogP contribution in [0.4, 0.5) is 0 Å². The van der Waals surface area contributed by atoms with E-state index < -0.39 is 0 Å². The maximum Gasteiger partial charge on any atom is 0.276 e. The maximum absolute atomic E-state index is 12.6. The Morgan fingerprint density at radius 2 is 1.96 bits per heavy atom. The average molecular weight is 337 g/mol. The van der Waals surface area contributed by atoms with E-state index in [4.69, 9.17) is 11.6 Å². The second-order valence-corrected chi connectivity index (χ2v) is 6.34. The zero-order valence-electron chi connectivity index (χ0n) is 13.7. The molecule has 1 amide bonds. The van der Waals surface area contributed by atoms with Crippen LogP contribution in [0.1, 0.15) is 21.7 Å². The van der Waals surface area contributed by atoms with E-state index >= 15 is 0 Å². The molecule has 0 aliphatic carbocycles. The second kappa shape index (κ2) is 6.33. The van der Waals surface area contributed by atoms with Crippen molar-refractivity contribution in [1.82, 2.24) is 29.4 Å². The summed E-state index contributed by atoms with van der Waals surface area (Å²) >= 11 is 6.22. The van der Waals surface area contributed by atoms with Gasteiger partial charge in [0.1, 0.15) is 0 Å². The molecule has 1 fully saturated rings. The molecule has 0 spiro atoms. The minimum atomic E-state index is -0.0836. The predicted octanol–water partition coefficient (Wildman–Crippen LogP) is 1.07. The van der Waals surface area contributed by atoms with E-state index in [1.165, 1.54) is 5.56 Å². The van der Waals surface area contributed by atoms with Crippen molar-refractivity contribution < 1.29 is 4.79 Å². The lowest BCUT2D eigenvalue weighted by Gasteiger charge is -2.34. The van der Waals surface area contributed by atoms with E-state index in [9.17, 15) is 4.79 Å². The van der Waals surface area contributed by atoms with Crippen LogP contribution < -0.4 is 0 Å². The quantitative estimate of drug-likeness (QED) is 0.841. The lowest BCUT2D eigenvalue weighted by molar-refractivity contribution is 0.0622. The highest BCUT2D eigenvalue weighted by Crippen LogP contribution is 2.21. The highest BCUT2D eigenvalue weighted by Gasteiger charge is 2.26. The van der Waals surface area contributed by atoms with Gasteiger partial charge in [-0.05, 0) is 6.92 Å². The Labute approximate surface area is 140 Å². The van der Waals surface area contributed by atoms with Gasteiger partial charge in [-0.2, -0.15) is 10.2 Å². The Morgan fingerprint density at radius 3 is 2.48 bits per heavy atom. The summed E-state index contributed by atoms with van der Waals surface area (Å²) in [6.45, 7) is 5.77. The third-order valence-electron chi connectivity index (χ3n) is 4.29. The monoisotopic (exact) mass is 336 g/mol. The molecule has 0 bridgehead atoms. The number of piperazine rings is 1. The van der Waals surface area contributed by atoms with Gasteiger partial charge >= 0.3 is 0 Å². The SMILES string of the molecule is Cc1c(Cl)c(C(=O)N2CCN(Cc3cnn(C)c3)CC2)nn1C. The van der Waals surface area contributed by atoms with Gasteiger partial charge in [0, 0.05) is 58.6 Å². The predicted molar refractivity (Wildman–Crippen MR) is 87.3 cm³/mol. The topological polar surface area (TPSA) is 59.2 Å². The first-order chi connectivity index (χ1) is 11.0. The number of hydrogen-bond acceptors (Lipinski definition) is 4. The Hall–Kier alpha value is -1.86. The van der Waals surface area contributed by atoms with Crippen LogP contribution in [0.3, 0.4) is 0 Å². The zero-order chi connectivity index (χ0) is 16.6. The first kappa shape index (κ1) is 16.0. The number of aryl methyl sites for hydroxylation is 2. The van der Waals surface area contributed by atoms with Gasteiger partial charge in [0.05, 0.1) is 16.9 Å². The van der Waals surface area contributed by atoms with Gasteiger partial charge in [-0.15, -0.1) is 0 Å². The smallest absolute Gasteiger partial charge is 0.276 e. The highest BCUT2D eigenvalue weighted by atomic mass is 35.5. The van der Waals surface area contributed by atoms with Gasteiger partial charge in [0.15, 0.2) is 5.69 Å². The van der Waals surface area contributed by atoms with Crippen molar-refractivity contribution in [3.05, 3.63) is 34.4 Å². The largest absolute Gasteiger partial charge is 0.335 e. The molecule has 0 aromatic carbocycles. The van der Waals surface area contributed by atoms with Gasteiger partial charge in [0.25, 0.3) is 5.91 Å². The summed E-state index contributed by atoms with van der Waals surface area (Å²) in [5, 5.41) is 8.88. The molecule has 8 heteroatoms. The molecule has 7 nitrogen and oxygen atoms in total. The van der Waals surface area contributed by atoms with Crippen LogP contribution in [0.15, 0.2) is 12.4 Å². The van der Waals surface area contributed by atoms with Gasteiger partial charge in [-0.1, -0.05) is 11.6 Å². The number of rotatable bonds is 3. The summed E-state index contributed by atoms with van der Waals surface area (Å²) in [6.07, 6.45) is 3.90. The molecule has 0 saturated carbocycles. The molecule has 2 aromatic rings. The Bertz CT molecular complexity index is 714. The van der Waals surface area contributed by atoms with Crippen molar-refractivity contribution >= 4 is 17.5 Å². The first-order valence-corrected chi connectivity index (χ1v) is 8.01. The van der Waals surface area contributed by atoms with Crippen LogP contribution >= 0.6 is 11.6 Å². The van der Waals surface area contributed by atoms with Crippen molar-refractivity contribution in [2.45, 2.75) is 13.5 Å². The molecule has 0 atom stereocenters. The summed E-state index contributed by atoms with van der Waals surface area (Å²) < 4.78 is 3.45. The number of nitrogens with zero attached hydrogens (tertiary/aromatic N) is 6. The molecule has 1 aliphatic rings. The standard InChI is InChI=1S/C15H21ClN6O/c1-11-13(16)14(18-20(11)3)15(23)22-6-4-21(5-7-22)10-12-8-17-19(2)9-12/h8-9H,4-7,10H2,1-3H3. The number of halogens is 1. The van der Waals surface area contributed by atoms with Gasteiger partial charge in [-0.3, -0.25) is 19.1 Å². The fourth-order valence-electron chi connectivity index (χ4n) is 2.79. The summed E-state index contributed by atoms with van der Waals surface area (Å²) in [5.74, 6) is -0.0836. The number of carbonyl (C=O) groups is 1. The molecule has 3 rings (SSSR count). The number of aromatic nitrogens is 4. The summed E-state index contributed by atoms with van der Waals surface area (Å²) in [6, 6.07) is 0. The van der Waals surface area contributed by atoms with Gasteiger partial charge < -0.3 is 4.90 Å². The molecular weight excluding hydrogens is 316 g/mol. The van der Waals surface area contributed by atoms with Crippen molar-refractivity contribution in [3.8, 4) is 0 Å². The van der Waals surface area contributed by atoms with Crippen molar-refractivity contribution in [3.63, 3.8) is 0 Å². The number of amides is 1. The summed E-state index contributed by atoms with van der Waals surface area (Å²) in [5.41, 5.74) is 2.35. The summed E-state index contributed by atoms with van der Waals surface area (Å²) in [7, 11) is 3.71. The van der Waals surface area contributed by atoms with Crippen LogP contribution in [-0.4, -0.2) is 61.4 Å². The zero-order valence-corrected chi connectivity index (χ0v) is 14.4. The molecule has 1 aliphatic heterocycles. The first-order valence-electron chi connectivity index (χ1n) is 7.64. The molecule has 1 saturated heterocycles. The second-order valence-electron chi connectivity index (χ2n) is 5.96. The highest BCUT2D eigenvalue weighted by molar-refractivity contribution is 6.34. The molecular formula is C15H21ClN6O. The van der Waals surface area contributed by atoms with E-state index in [-0.39, 0.29) is 5.91 Å². The molecule has 0 radical (unpaired) electrons. The third kappa shape index (κ3) is 3.25. The van der Waals surface area contributed by atoms with Gasteiger partial charge in [-0.25, -0.2) is 0 Å². The minimum Gasteiger partial charge on any atom is -0.335 e. The molecule has 23 heavy (non-hydrogen) atoms. The van der Waals surface area contributed by atoms with Crippen LogP contribution in [0.25, 0.3) is 0 Å². The Balaban J connectivity index is 1.60. The fraction of sp³-hybridized carbons (Fsp3) is 0.533. The molecule has 124 valence electrons. The molecule has 2 aromatic heterocycles. The van der Waals surface area contributed by atoms with Crippen LogP contribution in [0.2, 0.25) is 5.02 Å². The normalized spacial score (nSPS) is 16.1. The lowest BCUT2D eigenvalue weighted by Crippen LogP contribution is -2.48. The van der Waals surface area contributed by atoms with Crippen molar-refractivity contribution in [2.75, 3.05) is 26.2 Å². The number of hydrogen-bond donors (Lipinski definition) is 0. The van der Waals surface area contributed by atoms with Crippen molar-refractivity contribution in [2.24, 2.45) is 14.1 Å². The van der Waals surface area contributed by atoms with E-state index in [1.54, 1.807) is 16.4 Å². The van der Waals surface area contributed by atoms with E-state index in [0.717, 1.165) is 25.3 Å². The van der Waals surface area contributed by atoms with Crippen LogP contribution in [-0.2, 0) is 20.6 Å². The van der Waals surface area contributed by atoms with Crippen molar-refractivity contribution in [1.29, 1.82) is 0 Å². The third-order valence-corrected chi connectivity index (χ3v) is 4.74. The molecule has 0 N–H and O–H groups in total. The molecule has 3 heterocycles. The number of carbonyl (C=O) groups excluding carboxylic acids is 1. The average Bonchev–Trinajstić information content (AvgIpc) is 3.06. The Morgan fingerprint density at radius 1 is 1.26 bits per heavy atom. The van der Waals surface area contributed by atoms with E-state index in [2.05, 4.69) is 15.1 Å². The Kier molecular flexibility index (Phi) is 4.41. The van der Waals surface area contributed by atoms with Crippen LogP contribution in [0, 0.1) is 6.92 Å². The lowest BCUT2D eigenvalue weighted by atomic mass is 10.2. The van der Waals surface area contributed by atoms with E-state index in [0.29, 0.717) is 23.8 Å².